The summed E-state index contributed by atoms with van der Waals surface area (Å²) in [6.07, 6.45) is 3.80. The van der Waals surface area contributed by atoms with Gasteiger partial charge in [-0.05, 0) is 36.8 Å². The number of aromatic nitrogens is 2. The van der Waals surface area contributed by atoms with Crippen LogP contribution in [-0.2, 0) is 0 Å². The van der Waals surface area contributed by atoms with Gasteiger partial charge in [-0.15, -0.1) is 0 Å². The molecule has 0 spiro atoms. The lowest BCUT2D eigenvalue weighted by Gasteiger charge is -2.10. The zero-order chi connectivity index (χ0) is 13.9. The average molecular weight is 264 g/mol. The van der Waals surface area contributed by atoms with Crippen molar-refractivity contribution in [3.63, 3.8) is 0 Å². The van der Waals surface area contributed by atoms with Crippen LogP contribution in [-0.4, -0.2) is 16.7 Å². The van der Waals surface area contributed by atoms with E-state index in [0.29, 0.717) is 0 Å². The quantitative estimate of drug-likeness (QED) is 0.718. The van der Waals surface area contributed by atoms with E-state index >= 15 is 0 Å². The van der Waals surface area contributed by atoms with Crippen LogP contribution in [0, 0.1) is 6.92 Å². The van der Waals surface area contributed by atoms with Crippen LogP contribution in [0.25, 0.3) is 17.1 Å². The summed E-state index contributed by atoms with van der Waals surface area (Å²) in [5.74, 6) is 1.81. The highest BCUT2D eigenvalue weighted by Gasteiger charge is 2.09. The number of imidazole rings is 1. The molecule has 0 aliphatic rings. The normalized spacial score (nSPS) is 10.5. The predicted octanol–water partition coefficient (Wildman–Crippen LogP) is 3.86. The Hall–Kier alpha value is -2.55. The molecule has 1 aromatic heterocycles. The third-order valence-corrected chi connectivity index (χ3v) is 3.38. The first-order valence-corrected chi connectivity index (χ1v) is 6.53. The minimum absolute atomic E-state index is 0.853. The third-order valence-electron chi connectivity index (χ3n) is 3.38. The van der Waals surface area contributed by atoms with Gasteiger partial charge in [-0.3, -0.25) is 4.57 Å². The first-order valence-electron chi connectivity index (χ1n) is 6.53. The van der Waals surface area contributed by atoms with E-state index in [4.69, 9.17) is 4.74 Å². The molecule has 3 rings (SSSR count). The van der Waals surface area contributed by atoms with Gasteiger partial charge in [0.25, 0.3) is 0 Å². The van der Waals surface area contributed by atoms with Crippen LogP contribution < -0.4 is 4.74 Å². The van der Waals surface area contributed by atoms with E-state index in [-0.39, 0.29) is 0 Å². The van der Waals surface area contributed by atoms with Crippen molar-refractivity contribution < 1.29 is 4.74 Å². The second kappa shape index (κ2) is 5.21. The molecule has 0 bridgehead atoms. The summed E-state index contributed by atoms with van der Waals surface area (Å²) in [5.41, 5.74) is 3.43. The van der Waals surface area contributed by atoms with Gasteiger partial charge in [0, 0.05) is 23.6 Å². The van der Waals surface area contributed by atoms with Crippen LogP contribution in [0.2, 0.25) is 0 Å². The zero-order valence-corrected chi connectivity index (χ0v) is 11.6. The summed E-state index contributed by atoms with van der Waals surface area (Å²) in [6, 6.07) is 16.2. The maximum atomic E-state index is 5.20. The van der Waals surface area contributed by atoms with E-state index in [9.17, 15) is 0 Å². The summed E-state index contributed by atoms with van der Waals surface area (Å²) in [4.78, 5) is 4.50. The van der Waals surface area contributed by atoms with Crippen LogP contribution in [0.5, 0.6) is 5.75 Å². The summed E-state index contributed by atoms with van der Waals surface area (Å²) >= 11 is 0. The summed E-state index contributed by atoms with van der Waals surface area (Å²) in [7, 11) is 1.67. The highest BCUT2D eigenvalue weighted by atomic mass is 16.5. The molecule has 3 aromatic rings. The van der Waals surface area contributed by atoms with Gasteiger partial charge in [-0.1, -0.05) is 24.3 Å². The van der Waals surface area contributed by atoms with E-state index in [2.05, 4.69) is 28.6 Å². The Labute approximate surface area is 118 Å². The Morgan fingerprint density at radius 1 is 1.00 bits per heavy atom. The van der Waals surface area contributed by atoms with Gasteiger partial charge in [-0.25, -0.2) is 4.98 Å². The number of aryl methyl sites for hydroxylation is 1. The Morgan fingerprint density at radius 3 is 2.45 bits per heavy atom. The van der Waals surface area contributed by atoms with Crippen LogP contribution in [0.15, 0.2) is 60.9 Å². The lowest BCUT2D eigenvalue weighted by atomic mass is 10.1. The second-order valence-electron chi connectivity index (χ2n) is 4.63. The molecule has 0 radical (unpaired) electrons. The Bertz CT molecular complexity index is 714. The first-order chi connectivity index (χ1) is 9.79. The maximum absolute atomic E-state index is 5.20. The van der Waals surface area contributed by atoms with Crippen molar-refractivity contribution in [3.8, 4) is 22.8 Å². The summed E-state index contributed by atoms with van der Waals surface area (Å²) < 4.78 is 7.28. The molecule has 0 aliphatic heterocycles. The van der Waals surface area contributed by atoms with E-state index in [1.54, 1.807) is 7.11 Å². The van der Waals surface area contributed by atoms with Crippen molar-refractivity contribution in [2.45, 2.75) is 6.92 Å². The molecule has 0 saturated carbocycles. The fraction of sp³-hybridized carbons (Fsp3) is 0.118. The van der Waals surface area contributed by atoms with Gasteiger partial charge < -0.3 is 4.74 Å². The van der Waals surface area contributed by atoms with Crippen molar-refractivity contribution in [2.75, 3.05) is 7.11 Å². The molecule has 20 heavy (non-hydrogen) atoms. The molecule has 0 saturated heterocycles. The number of rotatable bonds is 3. The summed E-state index contributed by atoms with van der Waals surface area (Å²) in [6.45, 7) is 2.10. The molecule has 0 unspecified atom stereocenters. The maximum Gasteiger partial charge on any atom is 0.144 e. The molecule has 100 valence electrons. The molecule has 3 nitrogen and oxygen atoms in total. The zero-order valence-electron chi connectivity index (χ0n) is 11.6. The van der Waals surface area contributed by atoms with Crippen LogP contribution in [0.3, 0.4) is 0 Å². The molecule has 2 aromatic carbocycles. The van der Waals surface area contributed by atoms with Gasteiger partial charge in [0.2, 0.25) is 0 Å². The van der Waals surface area contributed by atoms with Gasteiger partial charge in [0.05, 0.1) is 7.11 Å². The lowest BCUT2D eigenvalue weighted by molar-refractivity contribution is 0.415. The van der Waals surface area contributed by atoms with E-state index < -0.39 is 0 Å². The summed E-state index contributed by atoms with van der Waals surface area (Å²) in [5, 5.41) is 0. The molecular formula is C17H16N2O. The predicted molar refractivity (Wildman–Crippen MR) is 80.3 cm³/mol. The fourth-order valence-electron chi connectivity index (χ4n) is 2.28. The first kappa shape index (κ1) is 12.5. The molecule has 0 atom stereocenters. The number of hydrogen-bond donors (Lipinski definition) is 0. The van der Waals surface area contributed by atoms with Crippen LogP contribution in [0.4, 0.5) is 0 Å². The van der Waals surface area contributed by atoms with Crippen molar-refractivity contribution in [1.29, 1.82) is 0 Å². The number of hydrogen-bond acceptors (Lipinski definition) is 2. The third kappa shape index (κ3) is 2.18. The minimum atomic E-state index is 0.853. The number of nitrogens with zero attached hydrogens (tertiary/aromatic N) is 2. The van der Waals surface area contributed by atoms with Gasteiger partial charge in [0.15, 0.2) is 0 Å². The van der Waals surface area contributed by atoms with Gasteiger partial charge >= 0.3 is 0 Å². The van der Waals surface area contributed by atoms with Crippen molar-refractivity contribution in [1.82, 2.24) is 9.55 Å². The highest BCUT2D eigenvalue weighted by Crippen LogP contribution is 2.25. The average Bonchev–Trinajstić information content (AvgIpc) is 2.97. The number of benzene rings is 2. The Morgan fingerprint density at radius 2 is 1.75 bits per heavy atom. The molecule has 1 heterocycles. The van der Waals surface area contributed by atoms with E-state index in [1.807, 2.05) is 48.8 Å². The molecule has 0 aliphatic carbocycles. The Kier molecular flexibility index (Phi) is 3.25. The van der Waals surface area contributed by atoms with E-state index in [1.165, 1.54) is 5.56 Å². The molecule has 0 fully saturated rings. The van der Waals surface area contributed by atoms with E-state index in [0.717, 1.165) is 22.8 Å². The smallest absolute Gasteiger partial charge is 0.144 e. The van der Waals surface area contributed by atoms with Crippen molar-refractivity contribution >= 4 is 0 Å². The monoisotopic (exact) mass is 264 g/mol. The lowest BCUT2D eigenvalue weighted by Crippen LogP contribution is -1.97. The SMILES string of the molecule is COc1ccc(-n2ccnc2-c2ccccc2C)cc1. The Balaban J connectivity index is 2.08. The molecule has 0 N–H and O–H groups in total. The molecule has 0 amide bonds. The number of ether oxygens (including phenoxy) is 1. The molecular weight excluding hydrogens is 248 g/mol. The fourth-order valence-corrected chi connectivity index (χ4v) is 2.28. The van der Waals surface area contributed by atoms with Crippen LogP contribution >= 0.6 is 0 Å². The molecule has 3 heteroatoms. The largest absolute Gasteiger partial charge is 0.497 e. The minimum Gasteiger partial charge on any atom is -0.497 e. The van der Waals surface area contributed by atoms with Crippen molar-refractivity contribution in [2.24, 2.45) is 0 Å². The topological polar surface area (TPSA) is 27.1 Å². The highest BCUT2D eigenvalue weighted by molar-refractivity contribution is 5.62. The van der Waals surface area contributed by atoms with Gasteiger partial charge in [-0.2, -0.15) is 0 Å². The standard InChI is InChI=1S/C17H16N2O/c1-13-5-3-4-6-16(13)17-18-11-12-19(17)14-7-9-15(20-2)10-8-14/h3-12H,1-2H3. The van der Waals surface area contributed by atoms with Gasteiger partial charge in [0.1, 0.15) is 11.6 Å². The second-order valence-corrected chi connectivity index (χ2v) is 4.63. The van der Waals surface area contributed by atoms with Crippen LogP contribution in [0.1, 0.15) is 5.56 Å². The van der Waals surface area contributed by atoms with Crippen molar-refractivity contribution in [3.05, 3.63) is 66.5 Å². The number of methoxy groups -OCH3 is 1.